The molecule has 3 nitrogen and oxygen atoms in total. The molecule has 14 heavy (non-hydrogen) atoms. The summed E-state index contributed by atoms with van der Waals surface area (Å²) in [6, 6.07) is 9.69. The summed E-state index contributed by atoms with van der Waals surface area (Å²) in [5.41, 5.74) is 1.02. The lowest BCUT2D eigenvalue weighted by atomic mass is 10.2. The van der Waals surface area contributed by atoms with Crippen LogP contribution in [0.3, 0.4) is 0 Å². The third-order valence-electron chi connectivity index (χ3n) is 2.04. The molecule has 3 heteroatoms. The Labute approximate surface area is 82.9 Å². The van der Waals surface area contributed by atoms with Gasteiger partial charge in [0, 0.05) is 0 Å². The summed E-state index contributed by atoms with van der Waals surface area (Å²) in [6.07, 6.45) is 0.736. The van der Waals surface area contributed by atoms with Crippen LogP contribution < -0.4 is 4.74 Å². The van der Waals surface area contributed by atoms with Gasteiger partial charge in [-0.15, -0.1) is 0 Å². The molecule has 1 aromatic carbocycles. The molecule has 2 rings (SSSR count). The number of epoxide rings is 1. The Morgan fingerprint density at radius 3 is 2.71 bits per heavy atom. The Balaban J connectivity index is 1.88. The third-order valence-corrected chi connectivity index (χ3v) is 2.04. The van der Waals surface area contributed by atoms with Crippen LogP contribution in [0.15, 0.2) is 24.3 Å². The predicted molar refractivity (Wildman–Crippen MR) is 51.0 cm³/mol. The van der Waals surface area contributed by atoms with Crippen molar-refractivity contribution in [3.8, 4) is 11.8 Å². The fourth-order valence-electron chi connectivity index (χ4n) is 1.15. The van der Waals surface area contributed by atoms with Gasteiger partial charge >= 0.3 is 0 Å². The Morgan fingerprint density at radius 2 is 2.14 bits per heavy atom. The molecule has 72 valence electrons. The Kier molecular flexibility index (Phi) is 2.66. The molecule has 1 fully saturated rings. The summed E-state index contributed by atoms with van der Waals surface area (Å²) in [5, 5.41) is 8.48. The molecule has 0 amide bonds. The smallest absolute Gasteiger partial charge is 0.119 e. The maximum absolute atomic E-state index is 8.48. The topological polar surface area (TPSA) is 45.5 Å². The molecule has 1 aliphatic rings. The van der Waals surface area contributed by atoms with E-state index in [1.54, 1.807) is 0 Å². The maximum atomic E-state index is 8.48. The average molecular weight is 189 g/mol. The molecule has 0 bridgehead atoms. The van der Waals surface area contributed by atoms with Gasteiger partial charge in [-0.2, -0.15) is 5.26 Å². The van der Waals surface area contributed by atoms with Crippen molar-refractivity contribution in [3.63, 3.8) is 0 Å². The van der Waals surface area contributed by atoms with E-state index in [0.717, 1.165) is 17.9 Å². The van der Waals surface area contributed by atoms with Crippen LogP contribution in [0.25, 0.3) is 0 Å². The lowest BCUT2D eigenvalue weighted by Crippen LogP contribution is -2.03. The number of rotatable bonds is 4. The molecule has 0 saturated carbocycles. The summed E-state index contributed by atoms with van der Waals surface area (Å²) in [4.78, 5) is 0. The van der Waals surface area contributed by atoms with Gasteiger partial charge in [0.1, 0.15) is 18.5 Å². The van der Waals surface area contributed by atoms with Gasteiger partial charge in [0.25, 0.3) is 0 Å². The number of nitriles is 1. The van der Waals surface area contributed by atoms with E-state index in [-0.39, 0.29) is 6.10 Å². The highest BCUT2D eigenvalue weighted by atomic mass is 16.6. The fraction of sp³-hybridized carbons (Fsp3) is 0.364. The summed E-state index contributed by atoms with van der Waals surface area (Å²) < 4.78 is 10.5. The molecule has 1 aliphatic heterocycles. The van der Waals surface area contributed by atoms with E-state index in [2.05, 4.69) is 6.07 Å². The first-order valence-corrected chi connectivity index (χ1v) is 4.59. The molecular weight excluding hydrogens is 178 g/mol. The van der Waals surface area contributed by atoms with Crippen LogP contribution in [0.5, 0.6) is 5.75 Å². The van der Waals surface area contributed by atoms with Gasteiger partial charge in [0.05, 0.1) is 19.1 Å². The minimum Gasteiger partial charge on any atom is -0.491 e. The van der Waals surface area contributed by atoms with Gasteiger partial charge in [-0.25, -0.2) is 0 Å². The highest BCUT2D eigenvalue weighted by Gasteiger charge is 2.22. The lowest BCUT2D eigenvalue weighted by Gasteiger charge is -2.03. The van der Waals surface area contributed by atoms with E-state index >= 15 is 0 Å². The predicted octanol–water partition coefficient (Wildman–Crippen LogP) is 1.53. The standard InChI is InChI=1S/C11H11NO2/c12-6-5-9-1-3-10(4-2-9)13-7-11-8-14-11/h1-4,11H,5,7-8H2/t11-/m1/s1. The van der Waals surface area contributed by atoms with E-state index in [4.69, 9.17) is 14.7 Å². The maximum Gasteiger partial charge on any atom is 0.119 e. The van der Waals surface area contributed by atoms with Crippen molar-refractivity contribution < 1.29 is 9.47 Å². The Bertz CT molecular complexity index is 335. The Morgan fingerprint density at radius 1 is 1.43 bits per heavy atom. The molecule has 1 saturated heterocycles. The zero-order valence-electron chi connectivity index (χ0n) is 7.77. The monoisotopic (exact) mass is 189 g/mol. The molecule has 0 unspecified atom stereocenters. The highest BCUT2D eigenvalue weighted by molar-refractivity contribution is 5.28. The number of benzene rings is 1. The van der Waals surface area contributed by atoms with Crippen LogP contribution in [0.2, 0.25) is 0 Å². The van der Waals surface area contributed by atoms with Gasteiger partial charge in [0.15, 0.2) is 0 Å². The minimum atomic E-state index is 0.286. The van der Waals surface area contributed by atoms with Crippen molar-refractivity contribution in [1.82, 2.24) is 0 Å². The van der Waals surface area contributed by atoms with Crippen molar-refractivity contribution in [3.05, 3.63) is 29.8 Å². The molecule has 1 heterocycles. The summed E-state index contributed by atoms with van der Waals surface area (Å²) in [7, 11) is 0. The molecule has 1 aromatic rings. The normalized spacial score (nSPS) is 18.6. The molecule has 0 N–H and O–H groups in total. The first kappa shape index (κ1) is 9.04. The van der Waals surface area contributed by atoms with Crippen LogP contribution in [0.1, 0.15) is 5.56 Å². The summed E-state index contributed by atoms with van der Waals surface area (Å²) in [6.45, 7) is 1.43. The van der Waals surface area contributed by atoms with Crippen molar-refractivity contribution in [1.29, 1.82) is 5.26 Å². The van der Waals surface area contributed by atoms with E-state index < -0.39 is 0 Å². The average Bonchev–Trinajstić information content (AvgIpc) is 3.01. The van der Waals surface area contributed by atoms with E-state index in [9.17, 15) is 0 Å². The third kappa shape index (κ3) is 2.48. The zero-order chi connectivity index (χ0) is 9.80. The number of nitrogens with zero attached hydrogens (tertiary/aromatic N) is 1. The van der Waals surface area contributed by atoms with Crippen LogP contribution in [-0.4, -0.2) is 19.3 Å². The second-order valence-corrected chi connectivity index (χ2v) is 3.25. The zero-order valence-corrected chi connectivity index (χ0v) is 7.77. The molecular formula is C11H11NO2. The van der Waals surface area contributed by atoms with E-state index in [0.29, 0.717) is 13.0 Å². The van der Waals surface area contributed by atoms with Gasteiger partial charge < -0.3 is 9.47 Å². The minimum absolute atomic E-state index is 0.286. The fourth-order valence-corrected chi connectivity index (χ4v) is 1.15. The van der Waals surface area contributed by atoms with E-state index in [1.165, 1.54) is 0 Å². The second-order valence-electron chi connectivity index (χ2n) is 3.25. The quantitative estimate of drug-likeness (QED) is 0.675. The number of hydrogen-bond donors (Lipinski definition) is 0. The molecule has 0 spiro atoms. The summed E-state index contributed by atoms with van der Waals surface area (Å²) in [5.74, 6) is 0.835. The highest BCUT2D eigenvalue weighted by Crippen LogP contribution is 2.15. The Hall–Kier alpha value is -1.53. The molecule has 1 atom stereocenters. The molecule has 0 aliphatic carbocycles. The molecule has 0 radical (unpaired) electrons. The first-order chi connectivity index (χ1) is 6.88. The lowest BCUT2D eigenvalue weighted by molar-refractivity contribution is 0.263. The van der Waals surface area contributed by atoms with Gasteiger partial charge in [0.2, 0.25) is 0 Å². The summed E-state index contributed by atoms with van der Waals surface area (Å²) >= 11 is 0. The van der Waals surface area contributed by atoms with E-state index in [1.807, 2.05) is 24.3 Å². The van der Waals surface area contributed by atoms with Crippen molar-refractivity contribution in [2.75, 3.05) is 13.2 Å². The van der Waals surface area contributed by atoms with Crippen molar-refractivity contribution >= 4 is 0 Å². The van der Waals surface area contributed by atoms with Crippen LogP contribution in [0, 0.1) is 11.3 Å². The van der Waals surface area contributed by atoms with Crippen LogP contribution in [-0.2, 0) is 11.2 Å². The number of ether oxygens (including phenoxy) is 2. The van der Waals surface area contributed by atoms with Crippen LogP contribution in [0.4, 0.5) is 0 Å². The van der Waals surface area contributed by atoms with Crippen molar-refractivity contribution in [2.45, 2.75) is 12.5 Å². The van der Waals surface area contributed by atoms with Gasteiger partial charge in [-0.3, -0.25) is 0 Å². The van der Waals surface area contributed by atoms with Crippen LogP contribution >= 0.6 is 0 Å². The largest absolute Gasteiger partial charge is 0.491 e. The van der Waals surface area contributed by atoms with Crippen molar-refractivity contribution in [2.24, 2.45) is 0 Å². The second kappa shape index (κ2) is 4.12. The molecule has 0 aromatic heterocycles. The number of hydrogen-bond acceptors (Lipinski definition) is 3. The first-order valence-electron chi connectivity index (χ1n) is 4.59. The van der Waals surface area contributed by atoms with Gasteiger partial charge in [-0.1, -0.05) is 12.1 Å². The van der Waals surface area contributed by atoms with Gasteiger partial charge in [-0.05, 0) is 17.7 Å². The SMILES string of the molecule is N#CCc1ccc(OC[C@@H]2CO2)cc1.